The van der Waals surface area contributed by atoms with Crippen LogP contribution in [0.2, 0.25) is 0 Å². The van der Waals surface area contributed by atoms with Crippen LogP contribution in [0.3, 0.4) is 0 Å². The molecule has 3 rings (SSSR count). The molecule has 3 N–H and O–H groups in total. The summed E-state index contributed by atoms with van der Waals surface area (Å²) in [6, 6.07) is 14.8. The minimum Gasteiger partial charge on any atom is -0.383 e. The van der Waals surface area contributed by atoms with Crippen LogP contribution in [-0.4, -0.2) is 40.5 Å². The highest BCUT2D eigenvalue weighted by Crippen LogP contribution is 2.20. The molecule has 1 aromatic heterocycles. The van der Waals surface area contributed by atoms with E-state index in [0.717, 1.165) is 25.1 Å². The fraction of sp³-hybridized carbons (Fsp3) is 0.364. The summed E-state index contributed by atoms with van der Waals surface area (Å²) in [4.78, 5) is 4.57. The van der Waals surface area contributed by atoms with E-state index in [0.29, 0.717) is 5.96 Å². The quantitative estimate of drug-likeness (QED) is 0.436. The molecular weight excluding hydrogens is 350 g/mol. The number of nitrogens with one attached hydrogen (secondary N) is 2. The van der Waals surface area contributed by atoms with Crippen LogP contribution < -0.4 is 10.6 Å². The first-order valence-electron chi connectivity index (χ1n) is 9.70. The Bertz CT molecular complexity index is 940. The maximum Gasteiger partial charge on any atom is 0.191 e. The van der Waals surface area contributed by atoms with E-state index < -0.39 is 5.60 Å². The van der Waals surface area contributed by atoms with Crippen molar-refractivity contribution < 1.29 is 5.11 Å². The van der Waals surface area contributed by atoms with Crippen molar-refractivity contribution in [1.29, 1.82) is 0 Å². The Morgan fingerprint density at radius 1 is 1.18 bits per heavy atom. The summed E-state index contributed by atoms with van der Waals surface area (Å²) in [5.41, 5.74) is 1.00. The van der Waals surface area contributed by atoms with Crippen molar-refractivity contribution in [3.8, 4) is 0 Å². The summed E-state index contributed by atoms with van der Waals surface area (Å²) in [6.45, 7) is 5.56. The summed E-state index contributed by atoms with van der Waals surface area (Å²) in [6.07, 6.45) is 4.39. The van der Waals surface area contributed by atoms with Crippen molar-refractivity contribution in [3.63, 3.8) is 0 Å². The number of guanidine groups is 1. The number of fused-ring (bicyclic) bond motifs is 1. The standard InChI is InChI=1S/C22H29N5O/c1-4-23-21(25-16-22(2,28)19-14-26-27(3)15-19)24-13-12-18-10-7-9-17-8-5-6-11-20(17)18/h5-11,14-15,28H,4,12-13,16H2,1-3H3,(H2,23,24,25). The molecular formula is C22H29N5O. The zero-order valence-electron chi connectivity index (χ0n) is 16.8. The summed E-state index contributed by atoms with van der Waals surface area (Å²) in [5, 5.41) is 24.0. The van der Waals surface area contributed by atoms with Gasteiger partial charge in [0.05, 0.1) is 12.7 Å². The zero-order chi connectivity index (χ0) is 20.0. The third-order valence-corrected chi connectivity index (χ3v) is 4.78. The lowest BCUT2D eigenvalue weighted by Gasteiger charge is -2.20. The number of aromatic nitrogens is 2. The fourth-order valence-electron chi connectivity index (χ4n) is 3.19. The SMILES string of the molecule is CCNC(=NCC(C)(O)c1cnn(C)c1)NCCc1cccc2ccccc12. The predicted octanol–water partition coefficient (Wildman–Crippen LogP) is 2.58. The molecule has 0 amide bonds. The van der Waals surface area contributed by atoms with Crippen LogP contribution in [0.5, 0.6) is 0 Å². The fourth-order valence-corrected chi connectivity index (χ4v) is 3.19. The van der Waals surface area contributed by atoms with Crippen molar-refractivity contribution in [2.45, 2.75) is 25.9 Å². The first-order valence-corrected chi connectivity index (χ1v) is 9.70. The van der Waals surface area contributed by atoms with Gasteiger partial charge in [-0.3, -0.25) is 4.68 Å². The molecule has 0 bridgehead atoms. The Morgan fingerprint density at radius 2 is 1.96 bits per heavy atom. The largest absolute Gasteiger partial charge is 0.383 e. The molecule has 28 heavy (non-hydrogen) atoms. The van der Waals surface area contributed by atoms with Gasteiger partial charge in [-0.25, -0.2) is 4.99 Å². The molecule has 0 saturated carbocycles. The number of hydrogen-bond acceptors (Lipinski definition) is 3. The third kappa shape index (κ3) is 4.89. The van der Waals surface area contributed by atoms with E-state index in [1.165, 1.54) is 16.3 Å². The lowest BCUT2D eigenvalue weighted by atomic mass is 10.0. The van der Waals surface area contributed by atoms with Crippen LogP contribution in [0.25, 0.3) is 10.8 Å². The average Bonchev–Trinajstić information content (AvgIpc) is 3.14. The van der Waals surface area contributed by atoms with Crippen LogP contribution in [-0.2, 0) is 19.1 Å². The molecule has 0 radical (unpaired) electrons. The Morgan fingerprint density at radius 3 is 2.71 bits per heavy atom. The molecule has 6 heteroatoms. The molecule has 1 unspecified atom stereocenters. The van der Waals surface area contributed by atoms with E-state index >= 15 is 0 Å². The summed E-state index contributed by atoms with van der Waals surface area (Å²) in [5.74, 6) is 0.701. The Kier molecular flexibility index (Phi) is 6.31. The molecule has 1 atom stereocenters. The topological polar surface area (TPSA) is 74.5 Å². The van der Waals surface area contributed by atoms with Gasteiger partial charge in [-0.2, -0.15) is 5.10 Å². The van der Waals surface area contributed by atoms with Gasteiger partial charge in [0.15, 0.2) is 5.96 Å². The smallest absolute Gasteiger partial charge is 0.191 e. The van der Waals surface area contributed by atoms with Crippen LogP contribution in [0, 0.1) is 0 Å². The number of aliphatic imine (C=N–C) groups is 1. The molecule has 0 spiro atoms. The number of benzene rings is 2. The summed E-state index contributed by atoms with van der Waals surface area (Å²) >= 11 is 0. The highest BCUT2D eigenvalue weighted by atomic mass is 16.3. The number of aliphatic hydroxyl groups is 1. The normalized spacial score (nSPS) is 14.1. The lowest BCUT2D eigenvalue weighted by molar-refractivity contribution is 0.0672. The van der Waals surface area contributed by atoms with Gasteiger partial charge in [0, 0.05) is 31.9 Å². The van der Waals surface area contributed by atoms with E-state index in [1.54, 1.807) is 17.8 Å². The Balaban J connectivity index is 1.63. The molecule has 0 saturated heterocycles. The van der Waals surface area contributed by atoms with Crippen molar-refractivity contribution >= 4 is 16.7 Å². The molecule has 0 aliphatic rings. The maximum absolute atomic E-state index is 10.7. The number of rotatable bonds is 7. The molecule has 3 aromatic rings. The van der Waals surface area contributed by atoms with Gasteiger partial charge in [-0.1, -0.05) is 42.5 Å². The van der Waals surface area contributed by atoms with E-state index in [2.05, 4.69) is 63.2 Å². The van der Waals surface area contributed by atoms with Crippen LogP contribution in [0.15, 0.2) is 59.9 Å². The Hall–Kier alpha value is -2.86. The van der Waals surface area contributed by atoms with Crippen molar-refractivity contribution in [3.05, 3.63) is 66.0 Å². The second kappa shape index (κ2) is 8.89. The molecule has 6 nitrogen and oxygen atoms in total. The summed E-state index contributed by atoms with van der Waals surface area (Å²) < 4.78 is 1.68. The van der Waals surface area contributed by atoms with E-state index in [4.69, 9.17) is 0 Å². The van der Waals surface area contributed by atoms with Gasteiger partial charge in [0.1, 0.15) is 5.60 Å². The monoisotopic (exact) mass is 379 g/mol. The average molecular weight is 380 g/mol. The second-order valence-corrected chi connectivity index (χ2v) is 7.19. The Labute approximate surface area is 166 Å². The van der Waals surface area contributed by atoms with Gasteiger partial charge in [0.25, 0.3) is 0 Å². The zero-order valence-corrected chi connectivity index (χ0v) is 16.8. The van der Waals surface area contributed by atoms with Gasteiger partial charge in [0.2, 0.25) is 0 Å². The predicted molar refractivity (Wildman–Crippen MR) is 114 cm³/mol. The van der Waals surface area contributed by atoms with E-state index in [9.17, 15) is 5.11 Å². The molecule has 0 fully saturated rings. The van der Waals surface area contributed by atoms with Gasteiger partial charge in [-0.05, 0) is 36.6 Å². The molecule has 0 aliphatic carbocycles. The highest BCUT2D eigenvalue weighted by Gasteiger charge is 2.24. The first-order chi connectivity index (χ1) is 13.5. The van der Waals surface area contributed by atoms with Gasteiger partial charge >= 0.3 is 0 Å². The van der Waals surface area contributed by atoms with Crippen molar-refractivity contribution in [1.82, 2.24) is 20.4 Å². The number of hydrogen-bond donors (Lipinski definition) is 3. The van der Waals surface area contributed by atoms with Gasteiger partial charge < -0.3 is 15.7 Å². The van der Waals surface area contributed by atoms with Gasteiger partial charge in [-0.15, -0.1) is 0 Å². The number of aryl methyl sites for hydroxylation is 1. The minimum atomic E-state index is -1.06. The van der Waals surface area contributed by atoms with Crippen molar-refractivity contribution in [2.24, 2.45) is 12.0 Å². The van der Waals surface area contributed by atoms with E-state index in [1.807, 2.05) is 20.2 Å². The molecule has 1 heterocycles. The first kappa shape index (κ1) is 19.9. The van der Waals surface area contributed by atoms with Crippen LogP contribution in [0.1, 0.15) is 25.0 Å². The second-order valence-electron chi connectivity index (χ2n) is 7.19. The van der Waals surface area contributed by atoms with E-state index in [-0.39, 0.29) is 6.54 Å². The van der Waals surface area contributed by atoms with Crippen molar-refractivity contribution in [2.75, 3.05) is 19.6 Å². The molecule has 148 valence electrons. The minimum absolute atomic E-state index is 0.252. The van der Waals surface area contributed by atoms with Crippen LogP contribution in [0.4, 0.5) is 0 Å². The third-order valence-electron chi connectivity index (χ3n) is 4.78. The summed E-state index contributed by atoms with van der Waals surface area (Å²) in [7, 11) is 1.84. The number of nitrogens with zero attached hydrogens (tertiary/aromatic N) is 3. The van der Waals surface area contributed by atoms with Crippen LogP contribution >= 0.6 is 0 Å². The highest BCUT2D eigenvalue weighted by molar-refractivity contribution is 5.85. The lowest BCUT2D eigenvalue weighted by Crippen LogP contribution is -2.39. The maximum atomic E-state index is 10.7. The molecule has 0 aliphatic heterocycles. The molecule has 2 aromatic carbocycles.